The van der Waals surface area contributed by atoms with Crippen molar-refractivity contribution in [3.05, 3.63) is 30.7 Å². The van der Waals surface area contributed by atoms with Crippen LogP contribution < -0.4 is 5.32 Å². The van der Waals surface area contributed by atoms with Crippen LogP contribution in [0.4, 0.5) is 5.82 Å². The lowest BCUT2D eigenvalue weighted by molar-refractivity contribution is 0.0787. The van der Waals surface area contributed by atoms with E-state index in [2.05, 4.69) is 28.8 Å². The number of hydrogen-bond acceptors (Lipinski definition) is 4. The molecule has 0 bridgehead atoms. The normalized spacial score (nSPS) is 9.89. The summed E-state index contributed by atoms with van der Waals surface area (Å²) in [5.74, 6) is 0.560. The average Bonchev–Trinajstić information content (AvgIpc) is 2.42. The van der Waals surface area contributed by atoms with Crippen molar-refractivity contribution in [3.63, 3.8) is 0 Å². The first-order chi connectivity index (χ1) is 8.69. The molecule has 0 aromatic carbocycles. The number of aromatic nitrogens is 2. The maximum Gasteiger partial charge on any atom is 0.272 e. The third-order valence-electron chi connectivity index (χ3n) is 2.51. The van der Waals surface area contributed by atoms with Gasteiger partial charge in [0.1, 0.15) is 17.8 Å². The molecular formula is C13H20N4O. The number of amides is 1. The van der Waals surface area contributed by atoms with Crippen molar-refractivity contribution in [2.24, 2.45) is 0 Å². The predicted molar refractivity (Wildman–Crippen MR) is 72.6 cm³/mol. The Morgan fingerprint density at radius 2 is 2.33 bits per heavy atom. The predicted octanol–water partition coefficient (Wildman–Crippen LogP) is 1.95. The quantitative estimate of drug-likeness (QED) is 0.749. The summed E-state index contributed by atoms with van der Waals surface area (Å²) in [6.45, 7) is 7.06. The Balaban J connectivity index is 2.69. The van der Waals surface area contributed by atoms with Crippen molar-refractivity contribution in [2.45, 2.75) is 19.8 Å². The number of rotatable bonds is 7. The first-order valence-electron chi connectivity index (χ1n) is 6.11. The Morgan fingerprint density at radius 1 is 1.56 bits per heavy atom. The van der Waals surface area contributed by atoms with Crippen LogP contribution in [0.2, 0.25) is 0 Å². The highest BCUT2D eigenvalue weighted by atomic mass is 16.2. The van der Waals surface area contributed by atoms with Crippen molar-refractivity contribution in [1.82, 2.24) is 14.9 Å². The lowest BCUT2D eigenvalue weighted by Crippen LogP contribution is -2.28. The van der Waals surface area contributed by atoms with Gasteiger partial charge in [0.25, 0.3) is 5.91 Å². The zero-order valence-electron chi connectivity index (χ0n) is 11.0. The number of nitrogens with zero attached hydrogens (tertiary/aromatic N) is 3. The first-order valence-corrected chi connectivity index (χ1v) is 6.11. The van der Waals surface area contributed by atoms with Crippen LogP contribution in [0.5, 0.6) is 0 Å². The molecule has 5 heteroatoms. The van der Waals surface area contributed by atoms with Crippen molar-refractivity contribution in [1.29, 1.82) is 0 Å². The Labute approximate surface area is 108 Å². The van der Waals surface area contributed by atoms with Crippen molar-refractivity contribution in [2.75, 3.05) is 25.5 Å². The SMILES string of the molecule is C=CCNc1cc(C(=O)N(C)CCCC)ncn1. The van der Waals surface area contributed by atoms with Crippen LogP contribution in [0.3, 0.4) is 0 Å². The van der Waals surface area contributed by atoms with E-state index in [1.165, 1.54) is 6.33 Å². The molecule has 0 atom stereocenters. The highest BCUT2D eigenvalue weighted by Crippen LogP contribution is 2.06. The second kappa shape index (κ2) is 7.42. The van der Waals surface area contributed by atoms with E-state index in [0.29, 0.717) is 18.1 Å². The molecule has 1 N–H and O–H groups in total. The fourth-order valence-electron chi connectivity index (χ4n) is 1.44. The molecule has 0 saturated heterocycles. The summed E-state index contributed by atoms with van der Waals surface area (Å²) in [5.41, 5.74) is 0.412. The zero-order valence-corrected chi connectivity index (χ0v) is 11.0. The van der Waals surface area contributed by atoms with Crippen molar-refractivity contribution in [3.8, 4) is 0 Å². The Bertz CT molecular complexity index is 406. The van der Waals surface area contributed by atoms with Crippen LogP contribution in [0, 0.1) is 0 Å². The zero-order chi connectivity index (χ0) is 13.4. The summed E-state index contributed by atoms with van der Waals surface area (Å²) in [6.07, 6.45) is 5.19. The highest BCUT2D eigenvalue weighted by molar-refractivity contribution is 5.92. The van der Waals surface area contributed by atoms with Gasteiger partial charge in [-0.15, -0.1) is 6.58 Å². The van der Waals surface area contributed by atoms with E-state index in [9.17, 15) is 4.79 Å². The standard InChI is InChI=1S/C13H20N4O/c1-4-6-8-17(3)13(18)11-9-12(14-7-5-2)16-10-15-11/h5,9-10H,2,4,6-8H2,1,3H3,(H,14,15,16). The van der Waals surface area contributed by atoms with E-state index in [-0.39, 0.29) is 5.91 Å². The number of anilines is 1. The summed E-state index contributed by atoms with van der Waals surface area (Å²) < 4.78 is 0. The van der Waals surface area contributed by atoms with Crippen LogP contribution in [-0.2, 0) is 0 Å². The lowest BCUT2D eigenvalue weighted by Gasteiger charge is -2.16. The fourth-order valence-corrected chi connectivity index (χ4v) is 1.44. The van der Waals surface area contributed by atoms with Crippen LogP contribution in [-0.4, -0.2) is 40.9 Å². The van der Waals surface area contributed by atoms with E-state index < -0.39 is 0 Å². The maximum atomic E-state index is 12.1. The van der Waals surface area contributed by atoms with Crippen molar-refractivity contribution >= 4 is 11.7 Å². The van der Waals surface area contributed by atoms with Gasteiger partial charge in [0.05, 0.1) is 0 Å². The number of carbonyl (C=O) groups is 1. The number of unbranched alkanes of at least 4 members (excludes halogenated alkanes) is 1. The van der Waals surface area contributed by atoms with E-state index in [1.54, 1.807) is 24.1 Å². The molecule has 0 radical (unpaired) electrons. The highest BCUT2D eigenvalue weighted by Gasteiger charge is 2.13. The molecule has 0 aliphatic rings. The molecule has 0 fully saturated rings. The van der Waals surface area contributed by atoms with Crippen LogP contribution in [0.1, 0.15) is 30.3 Å². The third kappa shape index (κ3) is 4.16. The van der Waals surface area contributed by atoms with Crippen LogP contribution in [0.25, 0.3) is 0 Å². The topological polar surface area (TPSA) is 58.1 Å². The largest absolute Gasteiger partial charge is 0.366 e. The molecule has 98 valence electrons. The minimum absolute atomic E-state index is 0.0764. The van der Waals surface area contributed by atoms with Gasteiger partial charge < -0.3 is 10.2 Å². The molecule has 0 unspecified atom stereocenters. The van der Waals surface area contributed by atoms with Gasteiger partial charge in [-0.25, -0.2) is 9.97 Å². The molecular weight excluding hydrogens is 228 g/mol. The van der Waals surface area contributed by atoms with Gasteiger partial charge >= 0.3 is 0 Å². The second-order valence-electron chi connectivity index (χ2n) is 4.04. The minimum atomic E-state index is -0.0764. The summed E-state index contributed by atoms with van der Waals surface area (Å²) in [6, 6.07) is 1.66. The van der Waals surface area contributed by atoms with Gasteiger partial charge in [0, 0.05) is 26.2 Å². The Morgan fingerprint density at radius 3 is 3.00 bits per heavy atom. The van der Waals surface area contributed by atoms with Crippen molar-refractivity contribution < 1.29 is 4.79 Å². The van der Waals surface area contributed by atoms with E-state index in [1.807, 2.05) is 0 Å². The number of carbonyl (C=O) groups excluding carboxylic acids is 1. The van der Waals surface area contributed by atoms with E-state index in [0.717, 1.165) is 19.4 Å². The molecule has 1 amide bonds. The van der Waals surface area contributed by atoms with Gasteiger partial charge in [-0.3, -0.25) is 4.79 Å². The van der Waals surface area contributed by atoms with Gasteiger partial charge in [-0.2, -0.15) is 0 Å². The minimum Gasteiger partial charge on any atom is -0.366 e. The first kappa shape index (κ1) is 14.2. The van der Waals surface area contributed by atoms with E-state index in [4.69, 9.17) is 0 Å². The molecule has 1 heterocycles. The van der Waals surface area contributed by atoms with Crippen LogP contribution >= 0.6 is 0 Å². The van der Waals surface area contributed by atoms with E-state index >= 15 is 0 Å². The maximum absolute atomic E-state index is 12.1. The molecule has 1 aromatic rings. The third-order valence-corrected chi connectivity index (χ3v) is 2.51. The summed E-state index contributed by atoms with van der Waals surface area (Å²) in [5, 5.41) is 3.03. The molecule has 5 nitrogen and oxygen atoms in total. The Hall–Kier alpha value is -1.91. The molecule has 18 heavy (non-hydrogen) atoms. The molecule has 0 saturated carbocycles. The number of hydrogen-bond donors (Lipinski definition) is 1. The smallest absolute Gasteiger partial charge is 0.272 e. The lowest BCUT2D eigenvalue weighted by atomic mass is 10.3. The molecule has 0 aliphatic carbocycles. The van der Waals surface area contributed by atoms with Gasteiger partial charge in [-0.05, 0) is 6.42 Å². The van der Waals surface area contributed by atoms with Gasteiger partial charge in [-0.1, -0.05) is 19.4 Å². The summed E-state index contributed by atoms with van der Waals surface area (Å²) in [4.78, 5) is 21.8. The average molecular weight is 248 g/mol. The summed E-state index contributed by atoms with van der Waals surface area (Å²) in [7, 11) is 1.79. The Kier molecular flexibility index (Phi) is 5.84. The summed E-state index contributed by atoms with van der Waals surface area (Å²) >= 11 is 0. The molecule has 1 rings (SSSR count). The second-order valence-corrected chi connectivity index (χ2v) is 4.04. The van der Waals surface area contributed by atoms with Crippen LogP contribution in [0.15, 0.2) is 25.0 Å². The monoisotopic (exact) mass is 248 g/mol. The van der Waals surface area contributed by atoms with Gasteiger partial charge in [0.2, 0.25) is 0 Å². The van der Waals surface area contributed by atoms with Gasteiger partial charge in [0.15, 0.2) is 0 Å². The molecule has 0 aliphatic heterocycles. The molecule has 1 aromatic heterocycles. The molecule has 0 spiro atoms. The number of nitrogens with one attached hydrogen (secondary N) is 1. The fraction of sp³-hybridized carbons (Fsp3) is 0.462.